The molecule has 4 rings (SSSR count). The minimum Gasteiger partial charge on any atom is -0.481 e. The molecule has 3 aromatic heterocycles. The summed E-state index contributed by atoms with van der Waals surface area (Å²) in [6.07, 6.45) is 0.772. The summed E-state index contributed by atoms with van der Waals surface area (Å²) in [5.41, 5.74) is 1.02. The molecule has 0 bridgehead atoms. The van der Waals surface area contributed by atoms with E-state index in [1.165, 1.54) is 29.8 Å². The minimum atomic E-state index is -0.119. The second-order valence-corrected chi connectivity index (χ2v) is 8.55. The average Bonchev–Trinajstić information content (AvgIpc) is 3.32. The van der Waals surface area contributed by atoms with Crippen LogP contribution in [0.5, 0.6) is 11.9 Å². The molecule has 0 aromatic carbocycles. The molecule has 0 saturated heterocycles. The summed E-state index contributed by atoms with van der Waals surface area (Å²) in [6, 6.07) is 5.83. The largest absolute Gasteiger partial charge is 0.481 e. The summed E-state index contributed by atoms with van der Waals surface area (Å²) < 4.78 is 10.4. The van der Waals surface area contributed by atoms with Crippen molar-refractivity contribution >= 4 is 39.5 Å². The Morgan fingerprint density at radius 1 is 1.18 bits per heavy atom. The summed E-state index contributed by atoms with van der Waals surface area (Å²) in [7, 11) is 3.09. The molecule has 8 nitrogen and oxygen atoms in total. The van der Waals surface area contributed by atoms with Gasteiger partial charge in [0.1, 0.15) is 5.82 Å². The van der Waals surface area contributed by atoms with Crippen molar-refractivity contribution < 1.29 is 14.3 Å². The number of hydrogen-bond acceptors (Lipinski definition) is 9. The first-order chi connectivity index (χ1) is 13.6. The zero-order chi connectivity index (χ0) is 19.7. The Morgan fingerprint density at radius 2 is 2.04 bits per heavy atom. The van der Waals surface area contributed by atoms with Gasteiger partial charge in [0.15, 0.2) is 5.13 Å². The lowest BCUT2D eigenvalue weighted by molar-refractivity contribution is 0.103. The van der Waals surface area contributed by atoms with Crippen LogP contribution in [-0.4, -0.2) is 41.6 Å². The van der Waals surface area contributed by atoms with Crippen molar-refractivity contribution in [1.29, 1.82) is 0 Å². The van der Waals surface area contributed by atoms with Crippen LogP contribution in [0.25, 0.3) is 0 Å². The molecule has 10 heteroatoms. The Labute approximate surface area is 170 Å². The second-order valence-electron chi connectivity index (χ2n) is 6.18. The van der Waals surface area contributed by atoms with Crippen LogP contribution >= 0.6 is 22.7 Å². The highest BCUT2D eigenvalue weighted by Gasteiger charge is 2.24. The van der Waals surface area contributed by atoms with Crippen LogP contribution < -0.4 is 19.7 Å². The zero-order valence-corrected chi connectivity index (χ0v) is 17.3. The number of thiophene rings is 1. The number of anilines is 2. The van der Waals surface area contributed by atoms with E-state index in [9.17, 15) is 4.79 Å². The van der Waals surface area contributed by atoms with Crippen molar-refractivity contribution in [3.05, 3.63) is 38.5 Å². The van der Waals surface area contributed by atoms with Gasteiger partial charge >= 0.3 is 6.01 Å². The van der Waals surface area contributed by atoms with E-state index >= 15 is 0 Å². The third kappa shape index (κ3) is 3.78. The quantitative estimate of drug-likeness (QED) is 0.682. The van der Waals surface area contributed by atoms with Crippen molar-refractivity contribution in [3.63, 3.8) is 0 Å². The smallest absolute Gasteiger partial charge is 0.321 e. The second kappa shape index (κ2) is 7.72. The van der Waals surface area contributed by atoms with Gasteiger partial charge < -0.3 is 14.4 Å². The fraction of sp³-hybridized carbons (Fsp3) is 0.333. The molecule has 1 aliphatic heterocycles. The first-order valence-electron chi connectivity index (χ1n) is 8.64. The summed E-state index contributed by atoms with van der Waals surface area (Å²) in [5, 5.41) is 3.54. The maximum Gasteiger partial charge on any atom is 0.321 e. The van der Waals surface area contributed by atoms with Crippen LogP contribution in [0, 0.1) is 6.92 Å². The number of nitrogens with zero attached hydrogens (tertiary/aromatic N) is 4. The predicted octanol–water partition coefficient (Wildman–Crippen LogP) is 3.14. The molecule has 146 valence electrons. The highest BCUT2D eigenvalue weighted by molar-refractivity contribution is 7.16. The fourth-order valence-electron chi connectivity index (χ4n) is 2.91. The number of nitrogens with one attached hydrogen (secondary N) is 1. The Morgan fingerprint density at radius 3 is 2.75 bits per heavy atom. The molecule has 4 heterocycles. The average molecular weight is 418 g/mol. The minimum absolute atomic E-state index is 0.119. The van der Waals surface area contributed by atoms with Gasteiger partial charge in [-0.2, -0.15) is 9.97 Å². The fourth-order valence-corrected chi connectivity index (χ4v) is 4.69. The lowest BCUT2D eigenvalue weighted by Crippen LogP contribution is -2.30. The van der Waals surface area contributed by atoms with Gasteiger partial charge in [-0.15, -0.1) is 11.3 Å². The number of carbonyl (C=O) groups excluding carboxylic acids is 1. The molecule has 0 aliphatic carbocycles. The Kier molecular flexibility index (Phi) is 5.14. The van der Waals surface area contributed by atoms with Crippen molar-refractivity contribution in [1.82, 2.24) is 15.0 Å². The van der Waals surface area contributed by atoms with Gasteiger partial charge in [0.25, 0.3) is 5.91 Å². The van der Waals surface area contributed by atoms with Crippen LogP contribution in [0.4, 0.5) is 10.9 Å². The van der Waals surface area contributed by atoms with E-state index in [2.05, 4.69) is 25.2 Å². The van der Waals surface area contributed by atoms with Crippen molar-refractivity contribution in [2.24, 2.45) is 0 Å². The standard InChI is InChI=1S/C18H19N5O3S2/c1-10-4-5-12(27-10)16(24)22-18-19-11-6-7-23(9-13(11)28-18)14-8-15(25-2)21-17(20-14)26-3/h4-5,8H,6-7,9H2,1-3H3,(H,19,22,24). The summed E-state index contributed by atoms with van der Waals surface area (Å²) in [6.45, 7) is 3.40. The number of thiazole rings is 1. The van der Waals surface area contributed by atoms with Crippen LogP contribution in [0.15, 0.2) is 18.2 Å². The third-order valence-electron chi connectivity index (χ3n) is 4.30. The number of methoxy groups -OCH3 is 2. The third-order valence-corrected chi connectivity index (χ3v) is 6.30. The van der Waals surface area contributed by atoms with Gasteiger partial charge in [-0.3, -0.25) is 10.1 Å². The number of carbonyl (C=O) groups is 1. The molecule has 0 fully saturated rings. The monoisotopic (exact) mass is 417 g/mol. The molecular weight excluding hydrogens is 398 g/mol. The molecular formula is C18H19N5O3S2. The Hall–Kier alpha value is -2.72. The number of aryl methyl sites for hydroxylation is 1. The maximum absolute atomic E-state index is 12.4. The normalized spacial score (nSPS) is 13.2. The maximum atomic E-state index is 12.4. The SMILES string of the molecule is COc1cc(N2CCc3nc(NC(=O)c4ccc(C)s4)sc3C2)nc(OC)n1. The van der Waals surface area contributed by atoms with E-state index in [-0.39, 0.29) is 11.9 Å². The van der Waals surface area contributed by atoms with Crippen molar-refractivity contribution in [3.8, 4) is 11.9 Å². The Balaban J connectivity index is 1.51. The molecule has 0 radical (unpaired) electrons. The van der Waals surface area contributed by atoms with Gasteiger partial charge in [0, 0.05) is 28.8 Å². The molecule has 1 amide bonds. The van der Waals surface area contributed by atoms with Gasteiger partial charge in [-0.05, 0) is 19.1 Å². The number of rotatable bonds is 5. The summed E-state index contributed by atoms with van der Waals surface area (Å²) in [5.74, 6) is 1.07. The van der Waals surface area contributed by atoms with Crippen LogP contribution in [0.3, 0.4) is 0 Å². The number of fused-ring (bicyclic) bond motifs is 1. The number of ether oxygens (including phenoxy) is 2. The lowest BCUT2D eigenvalue weighted by Gasteiger charge is -2.27. The van der Waals surface area contributed by atoms with Gasteiger partial charge in [-0.1, -0.05) is 11.3 Å². The van der Waals surface area contributed by atoms with Gasteiger partial charge in [-0.25, -0.2) is 4.98 Å². The highest BCUT2D eigenvalue weighted by Crippen LogP contribution is 2.32. The van der Waals surface area contributed by atoms with E-state index < -0.39 is 0 Å². The molecule has 0 saturated carbocycles. The van der Waals surface area contributed by atoms with E-state index in [0.29, 0.717) is 22.4 Å². The molecule has 0 unspecified atom stereocenters. The first-order valence-corrected chi connectivity index (χ1v) is 10.3. The topological polar surface area (TPSA) is 89.5 Å². The first kappa shape index (κ1) is 18.6. The molecule has 0 spiro atoms. The number of hydrogen-bond donors (Lipinski definition) is 1. The van der Waals surface area contributed by atoms with Crippen LogP contribution in [0.1, 0.15) is 25.1 Å². The van der Waals surface area contributed by atoms with Gasteiger partial charge in [0.2, 0.25) is 5.88 Å². The molecule has 28 heavy (non-hydrogen) atoms. The summed E-state index contributed by atoms with van der Waals surface area (Å²) >= 11 is 2.97. The van der Waals surface area contributed by atoms with E-state index in [0.717, 1.165) is 34.2 Å². The van der Waals surface area contributed by atoms with Crippen LogP contribution in [0.2, 0.25) is 0 Å². The number of aromatic nitrogens is 3. The summed E-state index contributed by atoms with van der Waals surface area (Å²) in [4.78, 5) is 30.6. The molecule has 0 atom stereocenters. The van der Waals surface area contributed by atoms with Gasteiger partial charge in [0.05, 0.1) is 31.3 Å². The highest BCUT2D eigenvalue weighted by atomic mass is 32.1. The lowest BCUT2D eigenvalue weighted by atomic mass is 10.2. The van der Waals surface area contributed by atoms with Crippen molar-refractivity contribution in [2.75, 3.05) is 31.0 Å². The van der Waals surface area contributed by atoms with Crippen molar-refractivity contribution in [2.45, 2.75) is 19.9 Å². The number of amides is 1. The van der Waals surface area contributed by atoms with Crippen LogP contribution in [-0.2, 0) is 13.0 Å². The predicted molar refractivity (Wildman–Crippen MR) is 109 cm³/mol. The van der Waals surface area contributed by atoms with E-state index in [1.807, 2.05) is 19.1 Å². The molecule has 1 aliphatic rings. The molecule has 1 N–H and O–H groups in total. The zero-order valence-electron chi connectivity index (χ0n) is 15.7. The molecule has 3 aromatic rings. The van der Waals surface area contributed by atoms with E-state index in [1.54, 1.807) is 13.2 Å². The Bertz CT molecular complexity index is 994. The van der Waals surface area contributed by atoms with E-state index in [4.69, 9.17) is 9.47 Å².